The lowest BCUT2D eigenvalue weighted by atomic mass is 10.1. The first-order valence-electron chi connectivity index (χ1n) is 7.86. The second-order valence-corrected chi connectivity index (χ2v) is 5.68. The zero-order valence-corrected chi connectivity index (χ0v) is 13.8. The van der Waals surface area contributed by atoms with Crippen LogP contribution in [0, 0.1) is 20.8 Å². The van der Waals surface area contributed by atoms with Crippen molar-refractivity contribution in [2.75, 3.05) is 6.61 Å². The number of rotatable bonds is 5. The molecular weight excluding hydrogens is 286 g/mol. The van der Waals surface area contributed by atoms with E-state index in [0.717, 1.165) is 29.2 Å². The first-order chi connectivity index (χ1) is 11.1. The third kappa shape index (κ3) is 3.45. The Labute approximate surface area is 136 Å². The number of oxazole rings is 1. The summed E-state index contributed by atoms with van der Waals surface area (Å²) in [5.41, 5.74) is 4.38. The van der Waals surface area contributed by atoms with Crippen LogP contribution < -0.4 is 4.74 Å². The van der Waals surface area contributed by atoms with E-state index in [1.54, 1.807) is 0 Å². The molecule has 0 atom stereocenters. The molecule has 0 amide bonds. The summed E-state index contributed by atoms with van der Waals surface area (Å²) in [6.07, 6.45) is 0.732. The molecule has 0 saturated heterocycles. The number of aromatic nitrogens is 1. The number of hydrogen-bond donors (Lipinski definition) is 0. The summed E-state index contributed by atoms with van der Waals surface area (Å²) in [5, 5.41) is 0. The minimum Gasteiger partial charge on any atom is -0.493 e. The van der Waals surface area contributed by atoms with Crippen molar-refractivity contribution in [3.8, 4) is 17.2 Å². The molecule has 0 aliphatic heterocycles. The molecule has 0 saturated carbocycles. The van der Waals surface area contributed by atoms with Crippen LogP contribution in [-0.4, -0.2) is 11.6 Å². The predicted molar refractivity (Wildman–Crippen MR) is 91.8 cm³/mol. The van der Waals surface area contributed by atoms with Crippen LogP contribution in [0.25, 0.3) is 11.5 Å². The van der Waals surface area contributed by atoms with Crippen LogP contribution >= 0.6 is 0 Å². The third-order valence-corrected chi connectivity index (χ3v) is 4.06. The van der Waals surface area contributed by atoms with Gasteiger partial charge in [0.1, 0.15) is 11.5 Å². The van der Waals surface area contributed by atoms with Crippen LogP contribution in [0.4, 0.5) is 0 Å². The van der Waals surface area contributed by atoms with E-state index in [2.05, 4.69) is 24.9 Å². The van der Waals surface area contributed by atoms with Crippen LogP contribution in [0.3, 0.4) is 0 Å². The molecule has 1 aromatic heterocycles. The highest BCUT2D eigenvalue weighted by Gasteiger charge is 2.11. The topological polar surface area (TPSA) is 35.3 Å². The zero-order chi connectivity index (χ0) is 16.2. The van der Waals surface area contributed by atoms with Gasteiger partial charge in [0, 0.05) is 12.0 Å². The van der Waals surface area contributed by atoms with Crippen molar-refractivity contribution < 1.29 is 9.15 Å². The van der Waals surface area contributed by atoms with E-state index < -0.39 is 0 Å². The van der Waals surface area contributed by atoms with Crippen molar-refractivity contribution in [3.63, 3.8) is 0 Å². The first-order valence-corrected chi connectivity index (χ1v) is 7.86. The van der Waals surface area contributed by atoms with Gasteiger partial charge in [-0.2, -0.15) is 0 Å². The summed E-state index contributed by atoms with van der Waals surface area (Å²) >= 11 is 0. The highest BCUT2D eigenvalue weighted by atomic mass is 16.5. The number of benzene rings is 2. The molecular formula is C20H21NO2. The minimum absolute atomic E-state index is 0.589. The maximum absolute atomic E-state index is 5.91. The quantitative estimate of drug-likeness (QED) is 0.673. The zero-order valence-electron chi connectivity index (χ0n) is 13.8. The summed E-state index contributed by atoms with van der Waals surface area (Å²) in [5.74, 6) is 2.47. The van der Waals surface area contributed by atoms with E-state index in [1.807, 2.05) is 49.4 Å². The molecule has 2 aromatic carbocycles. The molecule has 23 heavy (non-hydrogen) atoms. The fourth-order valence-corrected chi connectivity index (χ4v) is 2.50. The molecule has 0 radical (unpaired) electrons. The lowest BCUT2D eigenvalue weighted by Crippen LogP contribution is -2.04. The Morgan fingerprint density at radius 1 is 0.957 bits per heavy atom. The molecule has 3 heteroatoms. The van der Waals surface area contributed by atoms with Crippen molar-refractivity contribution in [2.24, 2.45) is 0 Å². The summed E-state index contributed by atoms with van der Waals surface area (Å²) in [6.45, 7) is 6.72. The third-order valence-electron chi connectivity index (χ3n) is 4.06. The van der Waals surface area contributed by atoms with Crippen molar-refractivity contribution in [1.82, 2.24) is 4.98 Å². The summed E-state index contributed by atoms with van der Waals surface area (Å²) < 4.78 is 11.7. The van der Waals surface area contributed by atoms with Crippen molar-refractivity contribution >= 4 is 0 Å². The van der Waals surface area contributed by atoms with E-state index in [4.69, 9.17) is 9.15 Å². The standard InChI is InChI=1S/C20H21NO2/c1-14-8-7-11-19(15(14)2)22-13-12-18-16(3)23-20(21-18)17-9-5-4-6-10-17/h4-11H,12-13H2,1-3H3. The second kappa shape index (κ2) is 6.69. The highest BCUT2D eigenvalue weighted by Crippen LogP contribution is 2.23. The Bertz CT molecular complexity index is 791. The SMILES string of the molecule is Cc1cccc(OCCc2nc(-c3ccccc3)oc2C)c1C. The maximum atomic E-state index is 5.91. The summed E-state index contributed by atoms with van der Waals surface area (Å²) in [6, 6.07) is 16.1. The summed E-state index contributed by atoms with van der Waals surface area (Å²) in [7, 11) is 0. The Balaban J connectivity index is 1.67. The second-order valence-electron chi connectivity index (χ2n) is 5.68. The van der Waals surface area contributed by atoms with E-state index in [0.29, 0.717) is 12.5 Å². The number of nitrogens with zero attached hydrogens (tertiary/aromatic N) is 1. The number of hydrogen-bond acceptors (Lipinski definition) is 3. The van der Waals surface area contributed by atoms with Gasteiger partial charge in [0.05, 0.1) is 12.3 Å². The van der Waals surface area contributed by atoms with Crippen LogP contribution in [0.2, 0.25) is 0 Å². The van der Waals surface area contributed by atoms with Crippen LogP contribution in [-0.2, 0) is 6.42 Å². The van der Waals surface area contributed by atoms with Gasteiger partial charge >= 0.3 is 0 Å². The van der Waals surface area contributed by atoms with Gasteiger partial charge < -0.3 is 9.15 Å². The smallest absolute Gasteiger partial charge is 0.226 e. The fourth-order valence-electron chi connectivity index (χ4n) is 2.50. The lowest BCUT2D eigenvalue weighted by Gasteiger charge is -2.10. The fraction of sp³-hybridized carbons (Fsp3) is 0.250. The number of ether oxygens (including phenoxy) is 1. The minimum atomic E-state index is 0.589. The highest BCUT2D eigenvalue weighted by molar-refractivity contribution is 5.53. The van der Waals surface area contributed by atoms with Crippen molar-refractivity contribution in [3.05, 3.63) is 71.1 Å². The molecule has 0 aliphatic carbocycles. The molecule has 3 aromatic rings. The van der Waals surface area contributed by atoms with Gasteiger partial charge in [-0.15, -0.1) is 0 Å². The van der Waals surface area contributed by atoms with Crippen molar-refractivity contribution in [1.29, 1.82) is 0 Å². The monoisotopic (exact) mass is 307 g/mol. The Morgan fingerprint density at radius 2 is 1.74 bits per heavy atom. The molecule has 1 heterocycles. The molecule has 0 fully saturated rings. The molecule has 0 aliphatic rings. The van der Waals surface area contributed by atoms with E-state index in [1.165, 1.54) is 11.1 Å². The van der Waals surface area contributed by atoms with Gasteiger partial charge in [-0.05, 0) is 50.1 Å². The molecule has 3 rings (SSSR count). The van der Waals surface area contributed by atoms with Crippen LogP contribution in [0.5, 0.6) is 5.75 Å². The Kier molecular flexibility index (Phi) is 4.47. The van der Waals surface area contributed by atoms with Crippen LogP contribution in [0.15, 0.2) is 52.9 Å². The maximum Gasteiger partial charge on any atom is 0.226 e. The van der Waals surface area contributed by atoms with Gasteiger partial charge in [-0.3, -0.25) is 0 Å². The normalized spacial score (nSPS) is 10.7. The molecule has 0 unspecified atom stereocenters. The average molecular weight is 307 g/mol. The van der Waals surface area contributed by atoms with Gasteiger partial charge in [0.2, 0.25) is 5.89 Å². The molecule has 3 nitrogen and oxygen atoms in total. The molecule has 0 spiro atoms. The van der Waals surface area contributed by atoms with Gasteiger partial charge in [0.25, 0.3) is 0 Å². The first kappa shape index (κ1) is 15.3. The predicted octanol–water partition coefficient (Wildman–Crippen LogP) is 4.89. The van der Waals surface area contributed by atoms with E-state index in [9.17, 15) is 0 Å². The largest absolute Gasteiger partial charge is 0.493 e. The van der Waals surface area contributed by atoms with Gasteiger partial charge in [-0.1, -0.05) is 30.3 Å². The number of aryl methyl sites for hydroxylation is 2. The van der Waals surface area contributed by atoms with Crippen molar-refractivity contribution in [2.45, 2.75) is 27.2 Å². The lowest BCUT2D eigenvalue weighted by molar-refractivity contribution is 0.317. The average Bonchev–Trinajstić information content (AvgIpc) is 2.93. The molecule has 0 bridgehead atoms. The van der Waals surface area contributed by atoms with Crippen LogP contribution in [0.1, 0.15) is 22.6 Å². The molecule has 0 N–H and O–H groups in total. The van der Waals surface area contributed by atoms with Gasteiger partial charge in [0.15, 0.2) is 0 Å². The molecule has 118 valence electrons. The Hall–Kier alpha value is -2.55. The van der Waals surface area contributed by atoms with E-state index >= 15 is 0 Å². The summed E-state index contributed by atoms with van der Waals surface area (Å²) in [4.78, 5) is 4.60. The van der Waals surface area contributed by atoms with Gasteiger partial charge in [-0.25, -0.2) is 4.98 Å². The van der Waals surface area contributed by atoms with E-state index in [-0.39, 0.29) is 0 Å². The Morgan fingerprint density at radius 3 is 2.52 bits per heavy atom.